The van der Waals surface area contributed by atoms with Crippen LogP contribution in [-0.4, -0.2) is 37.8 Å². The van der Waals surface area contributed by atoms with Crippen molar-refractivity contribution in [1.82, 2.24) is 21.7 Å². The van der Waals surface area contributed by atoms with Crippen molar-refractivity contribution in [3.63, 3.8) is 0 Å². The number of hydrogen-bond donors (Lipinski definition) is 4. The molecule has 0 aromatic heterocycles. The van der Waals surface area contributed by atoms with Crippen LogP contribution >= 0.6 is 45.2 Å². The molecule has 0 aliphatic heterocycles. The monoisotopic (exact) mass is 714 g/mol. The molecule has 3 rings (SSSR count). The lowest BCUT2D eigenvalue weighted by Gasteiger charge is -2.10. The summed E-state index contributed by atoms with van der Waals surface area (Å²) in [5, 5.41) is 0. The van der Waals surface area contributed by atoms with E-state index in [4.69, 9.17) is 9.47 Å². The van der Waals surface area contributed by atoms with Gasteiger partial charge in [-0.3, -0.25) is 40.9 Å². The van der Waals surface area contributed by atoms with Crippen molar-refractivity contribution >= 4 is 68.8 Å². The minimum Gasteiger partial charge on any atom is -0.496 e. The van der Waals surface area contributed by atoms with Gasteiger partial charge >= 0.3 is 0 Å². The minimum absolute atomic E-state index is 0.216. The zero-order chi connectivity index (χ0) is 26.2. The number of hydrogen-bond acceptors (Lipinski definition) is 6. The fraction of sp³-hybridized carbons (Fsp3) is 0.0833. The summed E-state index contributed by atoms with van der Waals surface area (Å²) in [4.78, 5) is 49.3. The van der Waals surface area contributed by atoms with E-state index in [9.17, 15) is 19.2 Å². The highest BCUT2D eigenvalue weighted by Gasteiger charge is 2.14. The number of halogens is 2. The zero-order valence-corrected chi connectivity index (χ0v) is 23.3. The molecule has 12 heteroatoms. The van der Waals surface area contributed by atoms with Gasteiger partial charge in [0.05, 0.1) is 21.4 Å². The molecule has 0 aliphatic carbocycles. The van der Waals surface area contributed by atoms with E-state index in [2.05, 4.69) is 21.7 Å². The molecule has 186 valence electrons. The van der Waals surface area contributed by atoms with Gasteiger partial charge < -0.3 is 9.47 Å². The van der Waals surface area contributed by atoms with E-state index in [1.807, 2.05) is 45.2 Å². The molecule has 4 N–H and O–H groups in total. The van der Waals surface area contributed by atoms with Gasteiger partial charge in [0.15, 0.2) is 0 Å². The highest BCUT2D eigenvalue weighted by Crippen LogP contribution is 2.22. The highest BCUT2D eigenvalue weighted by molar-refractivity contribution is 14.1. The van der Waals surface area contributed by atoms with Gasteiger partial charge in [0.1, 0.15) is 11.5 Å². The molecule has 0 bridgehead atoms. The molecule has 0 unspecified atom stereocenters. The fourth-order valence-electron chi connectivity index (χ4n) is 2.90. The van der Waals surface area contributed by atoms with Gasteiger partial charge in [-0.2, -0.15) is 0 Å². The highest BCUT2D eigenvalue weighted by atomic mass is 127. The van der Waals surface area contributed by atoms with Crippen LogP contribution in [0, 0.1) is 7.14 Å². The van der Waals surface area contributed by atoms with Gasteiger partial charge in [-0.05, 0) is 106 Å². The second-order valence-corrected chi connectivity index (χ2v) is 9.42. The maximum atomic E-state index is 12.4. The number of methoxy groups -OCH3 is 2. The number of rotatable bonds is 6. The summed E-state index contributed by atoms with van der Waals surface area (Å²) in [6.45, 7) is 0. The lowest BCUT2D eigenvalue weighted by Crippen LogP contribution is -2.42. The van der Waals surface area contributed by atoms with E-state index in [0.717, 1.165) is 7.14 Å². The Balaban J connectivity index is 1.52. The van der Waals surface area contributed by atoms with Crippen molar-refractivity contribution in [3.8, 4) is 11.5 Å². The second-order valence-electron chi connectivity index (χ2n) is 7.09. The Bertz CT molecular complexity index is 1210. The van der Waals surface area contributed by atoms with Gasteiger partial charge in [0.2, 0.25) is 0 Å². The first-order chi connectivity index (χ1) is 17.2. The third-order valence-electron chi connectivity index (χ3n) is 4.82. The van der Waals surface area contributed by atoms with E-state index < -0.39 is 23.6 Å². The van der Waals surface area contributed by atoms with Crippen molar-refractivity contribution < 1.29 is 28.7 Å². The topological polar surface area (TPSA) is 135 Å². The number of benzene rings is 3. The Morgan fingerprint density at radius 3 is 1.08 bits per heavy atom. The average Bonchev–Trinajstić information content (AvgIpc) is 2.89. The first kappa shape index (κ1) is 27.2. The maximum Gasteiger partial charge on any atom is 0.269 e. The van der Waals surface area contributed by atoms with Crippen LogP contribution in [0.15, 0.2) is 60.7 Å². The molecule has 0 heterocycles. The van der Waals surface area contributed by atoms with Crippen LogP contribution in [0.2, 0.25) is 0 Å². The van der Waals surface area contributed by atoms with Crippen molar-refractivity contribution in [2.75, 3.05) is 14.2 Å². The summed E-state index contributed by atoms with van der Waals surface area (Å²) in [6, 6.07) is 15.4. The largest absolute Gasteiger partial charge is 0.496 e. The van der Waals surface area contributed by atoms with Crippen LogP contribution in [-0.2, 0) is 0 Å². The minimum atomic E-state index is -0.569. The summed E-state index contributed by atoms with van der Waals surface area (Å²) in [6.07, 6.45) is 0. The molecule has 0 saturated carbocycles. The lowest BCUT2D eigenvalue weighted by atomic mass is 10.1. The lowest BCUT2D eigenvalue weighted by molar-refractivity contribution is 0.0844. The molecule has 3 aromatic carbocycles. The summed E-state index contributed by atoms with van der Waals surface area (Å²) < 4.78 is 11.8. The maximum absolute atomic E-state index is 12.4. The smallest absolute Gasteiger partial charge is 0.269 e. The van der Waals surface area contributed by atoms with E-state index in [0.29, 0.717) is 22.6 Å². The molecule has 3 aromatic rings. The number of nitrogens with one attached hydrogen (secondary N) is 4. The van der Waals surface area contributed by atoms with E-state index in [-0.39, 0.29) is 11.1 Å². The van der Waals surface area contributed by atoms with Crippen LogP contribution in [0.3, 0.4) is 0 Å². The predicted octanol–water partition coefficient (Wildman–Crippen LogP) is 3.06. The first-order valence-electron chi connectivity index (χ1n) is 10.2. The molecule has 0 aliphatic rings. The Hall–Kier alpha value is -3.40. The standard InChI is InChI=1S/C24H20I2N4O6/c1-35-19-9-7-15(11-17(19)25)23(33)29-27-21(31)13-3-5-14(6-4-13)22(32)28-30-24(34)16-8-10-20(36-2)18(26)12-16/h3-12H,1-2H3,(H,27,31)(H,28,32)(H,29,33)(H,30,34). The third-order valence-corrected chi connectivity index (χ3v) is 6.50. The third kappa shape index (κ3) is 6.84. The van der Waals surface area contributed by atoms with Crippen LogP contribution in [0.5, 0.6) is 11.5 Å². The average molecular weight is 714 g/mol. The molecule has 0 atom stereocenters. The normalized spacial score (nSPS) is 10.1. The van der Waals surface area contributed by atoms with E-state index in [1.165, 1.54) is 38.5 Å². The Morgan fingerprint density at radius 1 is 0.528 bits per heavy atom. The van der Waals surface area contributed by atoms with Gasteiger partial charge in [-0.25, -0.2) is 0 Å². The predicted molar refractivity (Wildman–Crippen MR) is 148 cm³/mol. The first-order valence-corrected chi connectivity index (χ1v) is 12.4. The van der Waals surface area contributed by atoms with Gasteiger partial charge in [-0.15, -0.1) is 0 Å². The Kier molecular flexibility index (Phi) is 9.46. The Morgan fingerprint density at radius 2 is 0.806 bits per heavy atom. The molecular weight excluding hydrogens is 694 g/mol. The molecule has 36 heavy (non-hydrogen) atoms. The van der Waals surface area contributed by atoms with Gasteiger partial charge in [0, 0.05) is 22.3 Å². The van der Waals surface area contributed by atoms with Crippen molar-refractivity contribution in [3.05, 3.63) is 90.1 Å². The molecule has 0 spiro atoms. The summed E-state index contributed by atoms with van der Waals surface area (Å²) in [5.74, 6) is -0.864. The summed E-state index contributed by atoms with van der Waals surface area (Å²) in [5.41, 5.74) is 10.5. The molecule has 0 fully saturated rings. The van der Waals surface area contributed by atoms with Crippen LogP contribution < -0.4 is 31.2 Å². The molecule has 10 nitrogen and oxygen atoms in total. The summed E-state index contributed by atoms with van der Waals surface area (Å²) in [7, 11) is 3.07. The van der Waals surface area contributed by atoms with E-state index >= 15 is 0 Å². The fourth-order valence-corrected chi connectivity index (χ4v) is 4.37. The quantitative estimate of drug-likeness (QED) is 0.229. The van der Waals surface area contributed by atoms with Crippen LogP contribution in [0.4, 0.5) is 0 Å². The molecule has 0 radical (unpaired) electrons. The number of amides is 4. The number of hydrazine groups is 2. The summed E-state index contributed by atoms with van der Waals surface area (Å²) >= 11 is 4.08. The number of ether oxygens (including phenoxy) is 2. The molecular formula is C24H20I2N4O6. The van der Waals surface area contributed by atoms with Crippen molar-refractivity contribution in [2.45, 2.75) is 0 Å². The molecule has 0 saturated heterocycles. The second kappa shape index (κ2) is 12.5. The number of carbonyl (C=O) groups excluding carboxylic acids is 4. The van der Waals surface area contributed by atoms with E-state index in [1.54, 1.807) is 36.4 Å². The van der Waals surface area contributed by atoms with Crippen molar-refractivity contribution in [1.29, 1.82) is 0 Å². The molecule has 4 amide bonds. The Labute approximate surface area is 233 Å². The van der Waals surface area contributed by atoms with Gasteiger partial charge in [0.25, 0.3) is 23.6 Å². The SMILES string of the molecule is COc1ccc(C(=O)NNC(=O)c2ccc(C(=O)NNC(=O)c3ccc(OC)c(I)c3)cc2)cc1I. The zero-order valence-electron chi connectivity index (χ0n) is 19.0. The van der Waals surface area contributed by atoms with Crippen LogP contribution in [0.25, 0.3) is 0 Å². The van der Waals surface area contributed by atoms with Gasteiger partial charge in [-0.1, -0.05) is 0 Å². The van der Waals surface area contributed by atoms with Crippen LogP contribution in [0.1, 0.15) is 41.4 Å². The number of carbonyl (C=O) groups is 4. The van der Waals surface area contributed by atoms with Crippen molar-refractivity contribution in [2.24, 2.45) is 0 Å².